The normalized spacial score (nSPS) is 36.7. The van der Waals surface area contributed by atoms with Crippen LogP contribution >= 0.6 is 0 Å². The molecule has 1 aliphatic heterocycles. The van der Waals surface area contributed by atoms with Crippen molar-refractivity contribution in [2.24, 2.45) is 17.6 Å². The molecule has 0 radical (unpaired) electrons. The van der Waals surface area contributed by atoms with Gasteiger partial charge in [0.2, 0.25) is 5.91 Å². The Morgan fingerprint density at radius 3 is 2.75 bits per heavy atom. The molecule has 4 nitrogen and oxygen atoms in total. The fourth-order valence-electron chi connectivity index (χ4n) is 3.79. The standard InChI is InChI=1S/C16H31N3O/c1-4-14-11-18(3)8-5-9-19(14)16(20)15-10-13(17)7-6-12(15)2/h12-15H,4-11,17H2,1-3H3. The minimum Gasteiger partial charge on any atom is -0.338 e. The molecule has 4 heteroatoms. The number of carbonyl (C=O) groups excluding carboxylic acids is 1. The molecular weight excluding hydrogens is 250 g/mol. The number of rotatable bonds is 2. The van der Waals surface area contributed by atoms with Crippen LogP contribution in [0.2, 0.25) is 0 Å². The van der Waals surface area contributed by atoms with Crippen LogP contribution in [-0.2, 0) is 4.79 Å². The smallest absolute Gasteiger partial charge is 0.226 e. The highest BCUT2D eigenvalue weighted by atomic mass is 16.2. The van der Waals surface area contributed by atoms with Crippen LogP contribution in [0.15, 0.2) is 0 Å². The highest BCUT2D eigenvalue weighted by Gasteiger charge is 2.36. The Labute approximate surface area is 123 Å². The summed E-state index contributed by atoms with van der Waals surface area (Å²) in [6.45, 7) is 7.44. The van der Waals surface area contributed by atoms with E-state index in [9.17, 15) is 4.79 Å². The van der Waals surface area contributed by atoms with Crippen molar-refractivity contribution in [2.75, 3.05) is 26.7 Å². The molecular formula is C16H31N3O. The fourth-order valence-corrected chi connectivity index (χ4v) is 3.79. The first kappa shape index (κ1) is 15.8. The van der Waals surface area contributed by atoms with Crippen LogP contribution in [-0.4, -0.2) is 54.5 Å². The highest BCUT2D eigenvalue weighted by Crippen LogP contribution is 2.31. The van der Waals surface area contributed by atoms with Gasteiger partial charge < -0.3 is 15.5 Å². The van der Waals surface area contributed by atoms with Gasteiger partial charge in [0.05, 0.1) is 0 Å². The summed E-state index contributed by atoms with van der Waals surface area (Å²) >= 11 is 0. The molecule has 1 saturated carbocycles. The second kappa shape index (κ2) is 6.90. The van der Waals surface area contributed by atoms with Crippen LogP contribution in [0.5, 0.6) is 0 Å². The first-order valence-electron chi connectivity index (χ1n) is 8.27. The molecule has 116 valence electrons. The number of carbonyl (C=O) groups is 1. The quantitative estimate of drug-likeness (QED) is 0.838. The number of hydrogen-bond acceptors (Lipinski definition) is 3. The van der Waals surface area contributed by atoms with E-state index in [1.807, 2.05) is 0 Å². The minimum atomic E-state index is 0.149. The number of likely N-dealkylation sites (N-methyl/N-ethyl adjacent to an activating group) is 1. The molecule has 20 heavy (non-hydrogen) atoms. The summed E-state index contributed by atoms with van der Waals surface area (Å²) in [5.74, 6) is 1.01. The molecule has 0 aromatic heterocycles. The van der Waals surface area contributed by atoms with Crippen molar-refractivity contribution in [2.45, 2.75) is 58.0 Å². The second-order valence-corrected chi connectivity index (χ2v) is 6.87. The van der Waals surface area contributed by atoms with Gasteiger partial charge in [0.25, 0.3) is 0 Å². The SMILES string of the molecule is CCC1CN(C)CCCN1C(=O)C1CC(N)CCC1C. The fraction of sp³-hybridized carbons (Fsp3) is 0.938. The lowest BCUT2D eigenvalue weighted by atomic mass is 9.77. The Balaban J connectivity index is 2.08. The lowest BCUT2D eigenvalue weighted by molar-refractivity contribution is -0.140. The van der Waals surface area contributed by atoms with E-state index in [4.69, 9.17) is 5.73 Å². The predicted molar refractivity (Wildman–Crippen MR) is 82.4 cm³/mol. The number of nitrogens with two attached hydrogens (primary N) is 1. The van der Waals surface area contributed by atoms with E-state index >= 15 is 0 Å². The van der Waals surface area contributed by atoms with Gasteiger partial charge in [-0.2, -0.15) is 0 Å². The average molecular weight is 281 g/mol. The van der Waals surface area contributed by atoms with Crippen LogP contribution in [0.1, 0.15) is 46.0 Å². The summed E-state index contributed by atoms with van der Waals surface area (Å²) in [4.78, 5) is 17.5. The Hall–Kier alpha value is -0.610. The minimum absolute atomic E-state index is 0.149. The van der Waals surface area contributed by atoms with Gasteiger partial charge in [0, 0.05) is 31.1 Å². The van der Waals surface area contributed by atoms with Gasteiger partial charge >= 0.3 is 0 Å². The van der Waals surface area contributed by atoms with E-state index in [0.29, 0.717) is 17.9 Å². The zero-order valence-electron chi connectivity index (χ0n) is 13.3. The van der Waals surface area contributed by atoms with Crippen molar-refractivity contribution >= 4 is 5.91 Å². The van der Waals surface area contributed by atoms with Crippen LogP contribution in [0.4, 0.5) is 0 Å². The third-order valence-electron chi connectivity index (χ3n) is 5.21. The number of nitrogens with zero attached hydrogens (tertiary/aromatic N) is 2. The molecule has 2 rings (SSSR count). The summed E-state index contributed by atoms with van der Waals surface area (Å²) < 4.78 is 0. The van der Waals surface area contributed by atoms with Crippen LogP contribution in [0.25, 0.3) is 0 Å². The van der Waals surface area contributed by atoms with Gasteiger partial charge in [-0.25, -0.2) is 0 Å². The third-order valence-corrected chi connectivity index (χ3v) is 5.21. The van der Waals surface area contributed by atoms with Gasteiger partial charge in [0.1, 0.15) is 0 Å². The molecule has 1 saturated heterocycles. The van der Waals surface area contributed by atoms with Gasteiger partial charge in [-0.3, -0.25) is 4.79 Å². The van der Waals surface area contributed by atoms with Crippen molar-refractivity contribution in [1.82, 2.24) is 9.80 Å². The van der Waals surface area contributed by atoms with E-state index in [-0.39, 0.29) is 12.0 Å². The van der Waals surface area contributed by atoms with Crippen molar-refractivity contribution in [1.29, 1.82) is 0 Å². The summed E-state index contributed by atoms with van der Waals surface area (Å²) in [5.41, 5.74) is 6.10. The summed E-state index contributed by atoms with van der Waals surface area (Å²) in [6.07, 6.45) is 5.19. The summed E-state index contributed by atoms with van der Waals surface area (Å²) in [6, 6.07) is 0.593. The summed E-state index contributed by atoms with van der Waals surface area (Å²) in [7, 11) is 2.16. The number of hydrogen-bond donors (Lipinski definition) is 1. The average Bonchev–Trinajstić information content (AvgIpc) is 2.62. The Kier molecular flexibility index (Phi) is 5.44. The Bertz CT molecular complexity index is 334. The van der Waals surface area contributed by atoms with Crippen LogP contribution < -0.4 is 5.73 Å². The van der Waals surface area contributed by atoms with E-state index < -0.39 is 0 Å². The highest BCUT2D eigenvalue weighted by molar-refractivity contribution is 5.79. The zero-order valence-corrected chi connectivity index (χ0v) is 13.3. The molecule has 4 unspecified atom stereocenters. The summed E-state index contributed by atoms with van der Waals surface area (Å²) in [5, 5.41) is 0. The maximum absolute atomic E-state index is 13.0. The molecule has 2 fully saturated rings. The van der Waals surface area contributed by atoms with Crippen molar-refractivity contribution < 1.29 is 4.79 Å². The van der Waals surface area contributed by atoms with Crippen LogP contribution in [0.3, 0.4) is 0 Å². The second-order valence-electron chi connectivity index (χ2n) is 6.87. The first-order chi connectivity index (χ1) is 9.52. The van der Waals surface area contributed by atoms with Gasteiger partial charge in [0.15, 0.2) is 0 Å². The molecule has 1 aliphatic carbocycles. The van der Waals surface area contributed by atoms with Gasteiger partial charge in [-0.1, -0.05) is 13.8 Å². The van der Waals surface area contributed by atoms with E-state index in [0.717, 1.165) is 51.7 Å². The Morgan fingerprint density at radius 2 is 2.05 bits per heavy atom. The first-order valence-corrected chi connectivity index (χ1v) is 8.27. The monoisotopic (exact) mass is 281 g/mol. The maximum Gasteiger partial charge on any atom is 0.226 e. The molecule has 0 bridgehead atoms. The Morgan fingerprint density at radius 1 is 1.30 bits per heavy atom. The van der Waals surface area contributed by atoms with E-state index in [1.165, 1.54) is 0 Å². The molecule has 0 aromatic rings. The van der Waals surface area contributed by atoms with Crippen molar-refractivity contribution in [3.05, 3.63) is 0 Å². The van der Waals surface area contributed by atoms with E-state index in [1.54, 1.807) is 0 Å². The lowest BCUT2D eigenvalue weighted by Gasteiger charge is -2.38. The zero-order chi connectivity index (χ0) is 14.7. The predicted octanol–water partition coefficient (Wildman–Crippen LogP) is 1.69. The topological polar surface area (TPSA) is 49.6 Å². The third kappa shape index (κ3) is 3.53. The molecule has 1 amide bonds. The van der Waals surface area contributed by atoms with Crippen LogP contribution in [0, 0.1) is 11.8 Å². The molecule has 1 heterocycles. The maximum atomic E-state index is 13.0. The van der Waals surface area contributed by atoms with Gasteiger partial charge in [-0.05, 0) is 51.6 Å². The largest absolute Gasteiger partial charge is 0.338 e. The number of amides is 1. The van der Waals surface area contributed by atoms with Crippen molar-refractivity contribution in [3.63, 3.8) is 0 Å². The molecule has 4 atom stereocenters. The van der Waals surface area contributed by atoms with Crippen molar-refractivity contribution in [3.8, 4) is 0 Å². The molecule has 2 N–H and O–H groups in total. The molecule has 2 aliphatic rings. The van der Waals surface area contributed by atoms with E-state index in [2.05, 4.69) is 30.7 Å². The van der Waals surface area contributed by atoms with Gasteiger partial charge in [-0.15, -0.1) is 0 Å². The molecule has 0 aromatic carbocycles. The molecule has 0 spiro atoms. The lowest BCUT2D eigenvalue weighted by Crippen LogP contribution is -2.49.